The smallest absolute Gasteiger partial charge is 0.168 e. The second-order valence-corrected chi connectivity index (χ2v) is 9.22. The summed E-state index contributed by atoms with van der Waals surface area (Å²) in [7, 11) is 0. The molecule has 23 heavy (non-hydrogen) atoms. The largest absolute Gasteiger partial charge is 0.511 e. The summed E-state index contributed by atoms with van der Waals surface area (Å²) < 4.78 is 0. The van der Waals surface area contributed by atoms with E-state index in [1.807, 2.05) is 32.5 Å². The molecule has 0 bridgehead atoms. The molecule has 0 saturated carbocycles. The molecular formula is C19H33NO2S. The molecule has 0 heterocycles. The van der Waals surface area contributed by atoms with Crippen molar-refractivity contribution in [1.29, 1.82) is 0 Å². The lowest BCUT2D eigenvalue weighted by Crippen LogP contribution is -2.27. The molecule has 0 aromatic carbocycles. The number of aliphatic hydroxyl groups excluding tert-OH is 1. The number of carbonyl (C=O) groups is 1. The van der Waals surface area contributed by atoms with E-state index in [0.717, 1.165) is 30.7 Å². The third-order valence-corrected chi connectivity index (χ3v) is 4.98. The quantitative estimate of drug-likeness (QED) is 0.636. The van der Waals surface area contributed by atoms with E-state index in [1.165, 1.54) is 0 Å². The Kier molecular flexibility index (Phi) is 7.85. The molecule has 3 nitrogen and oxygen atoms in total. The minimum absolute atomic E-state index is 0.0731. The minimum atomic E-state index is -0.235. The van der Waals surface area contributed by atoms with E-state index in [2.05, 4.69) is 20.8 Å². The first kappa shape index (κ1) is 20.3. The summed E-state index contributed by atoms with van der Waals surface area (Å²) in [5.41, 5.74) is 1.06. The molecule has 1 rings (SSSR count). The van der Waals surface area contributed by atoms with Gasteiger partial charge in [-0.05, 0) is 45.3 Å². The van der Waals surface area contributed by atoms with Crippen molar-refractivity contribution in [3.05, 3.63) is 11.3 Å². The maximum atomic E-state index is 12.7. The number of thioether (sulfide) groups is 1. The van der Waals surface area contributed by atoms with Crippen molar-refractivity contribution in [2.24, 2.45) is 10.9 Å². The Labute approximate surface area is 146 Å². The molecule has 0 spiro atoms. The van der Waals surface area contributed by atoms with Crippen LogP contribution in [0.3, 0.4) is 0 Å². The molecule has 132 valence electrons. The van der Waals surface area contributed by atoms with Crippen molar-refractivity contribution in [3.8, 4) is 0 Å². The van der Waals surface area contributed by atoms with Crippen LogP contribution < -0.4 is 0 Å². The van der Waals surface area contributed by atoms with Crippen LogP contribution in [0.4, 0.5) is 0 Å². The van der Waals surface area contributed by atoms with Gasteiger partial charge in [0.15, 0.2) is 5.78 Å². The summed E-state index contributed by atoms with van der Waals surface area (Å²) >= 11 is 1.92. The van der Waals surface area contributed by atoms with Crippen molar-refractivity contribution in [1.82, 2.24) is 0 Å². The number of rotatable bonds is 7. The van der Waals surface area contributed by atoms with Gasteiger partial charge >= 0.3 is 0 Å². The van der Waals surface area contributed by atoms with E-state index in [0.29, 0.717) is 23.7 Å². The molecular weight excluding hydrogens is 306 g/mol. The number of allylic oxidation sites excluding steroid dienone is 2. The fraction of sp³-hybridized carbons (Fsp3) is 0.789. The Morgan fingerprint density at radius 3 is 2.48 bits per heavy atom. The van der Waals surface area contributed by atoms with Gasteiger partial charge in [0, 0.05) is 23.8 Å². The first-order chi connectivity index (χ1) is 10.7. The maximum absolute atomic E-state index is 12.7. The highest BCUT2D eigenvalue weighted by Crippen LogP contribution is 2.33. The van der Waals surface area contributed by atoms with Gasteiger partial charge in [0.25, 0.3) is 0 Å². The first-order valence-electron chi connectivity index (χ1n) is 8.83. The molecule has 0 radical (unpaired) electrons. The van der Waals surface area contributed by atoms with Gasteiger partial charge in [-0.2, -0.15) is 11.8 Å². The third kappa shape index (κ3) is 6.70. The van der Waals surface area contributed by atoms with Gasteiger partial charge in [-0.15, -0.1) is 0 Å². The second kappa shape index (κ2) is 8.91. The highest BCUT2D eigenvalue weighted by molar-refractivity contribution is 7.99. The summed E-state index contributed by atoms with van der Waals surface area (Å²) in [5.74, 6) is 1.69. The zero-order valence-corrected chi connectivity index (χ0v) is 16.4. The molecule has 0 saturated heterocycles. The van der Waals surface area contributed by atoms with Crippen LogP contribution >= 0.6 is 11.8 Å². The summed E-state index contributed by atoms with van der Waals surface area (Å²) in [6, 6.07) is 0. The highest BCUT2D eigenvalue weighted by Gasteiger charge is 2.31. The topological polar surface area (TPSA) is 49.7 Å². The molecule has 0 aliphatic heterocycles. The number of aliphatic imine (C=N–C) groups is 1. The Balaban J connectivity index is 2.98. The maximum Gasteiger partial charge on any atom is 0.168 e. The molecule has 2 atom stereocenters. The summed E-state index contributed by atoms with van der Waals surface area (Å²) in [5, 5.41) is 11.1. The lowest BCUT2D eigenvalue weighted by molar-refractivity contribution is -0.116. The van der Waals surface area contributed by atoms with E-state index >= 15 is 0 Å². The zero-order valence-electron chi connectivity index (χ0n) is 15.6. The number of hydrogen-bond acceptors (Lipinski definition) is 4. The van der Waals surface area contributed by atoms with Gasteiger partial charge < -0.3 is 5.11 Å². The predicted molar refractivity (Wildman–Crippen MR) is 102 cm³/mol. The molecule has 0 aromatic rings. The standard InChI is InChI=1S/C19H33NO2S/c1-7-9-15(20-19(4,5)6)18-16(21)11-14(12-17(18)22)10-13(3)23-8-2/h13-14,21H,7-12H2,1-6H3. The molecule has 0 aromatic heterocycles. The van der Waals surface area contributed by atoms with Gasteiger partial charge in [-0.1, -0.05) is 27.2 Å². The lowest BCUT2D eigenvalue weighted by Gasteiger charge is -2.27. The highest BCUT2D eigenvalue weighted by atomic mass is 32.2. The van der Waals surface area contributed by atoms with Crippen LogP contribution in [0.1, 0.15) is 73.6 Å². The van der Waals surface area contributed by atoms with Crippen molar-refractivity contribution < 1.29 is 9.90 Å². The number of Topliss-reactive ketones (excluding diaryl/α,β-unsaturated/α-hetero) is 1. The van der Waals surface area contributed by atoms with Crippen molar-refractivity contribution >= 4 is 23.3 Å². The normalized spacial score (nSPS) is 21.7. The molecule has 2 unspecified atom stereocenters. The van der Waals surface area contributed by atoms with E-state index < -0.39 is 0 Å². The van der Waals surface area contributed by atoms with Gasteiger partial charge in [-0.3, -0.25) is 9.79 Å². The Hall–Kier alpha value is -0.770. The van der Waals surface area contributed by atoms with Gasteiger partial charge in [-0.25, -0.2) is 0 Å². The number of aliphatic hydroxyl groups is 1. The molecule has 1 aliphatic carbocycles. The monoisotopic (exact) mass is 339 g/mol. The second-order valence-electron chi connectivity index (χ2n) is 7.50. The number of nitrogens with zero attached hydrogens (tertiary/aromatic N) is 1. The summed E-state index contributed by atoms with van der Waals surface area (Å²) in [6.45, 7) is 12.5. The lowest BCUT2D eigenvalue weighted by atomic mass is 9.82. The average molecular weight is 340 g/mol. The van der Waals surface area contributed by atoms with Crippen LogP contribution in [0.15, 0.2) is 16.3 Å². The van der Waals surface area contributed by atoms with Crippen molar-refractivity contribution in [3.63, 3.8) is 0 Å². The summed E-state index contributed by atoms with van der Waals surface area (Å²) in [4.78, 5) is 17.4. The fourth-order valence-corrected chi connectivity index (χ4v) is 4.14. The Bertz CT molecular complexity index is 474. The van der Waals surface area contributed by atoms with Crippen LogP contribution in [-0.2, 0) is 4.79 Å². The Morgan fingerprint density at radius 2 is 2.00 bits per heavy atom. The molecule has 1 N–H and O–H groups in total. The van der Waals surface area contributed by atoms with Gasteiger partial charge in [0.2, 0.25) is 0 Å². The van der Waals surface area contributed by atoms with Crippen LogP contribution in [0.5, 0.6) is 0 Å². The van der Waals surface area contributed by atoms with Crippen LogP contribution in [0.25, 0.3) is 0 Å². The van der Waals surface area contributed by atoms with E-state index in [1.54, 1.807) is 0 Å². The van der Waals surface area contributed by atoms with Crippen molar-refractivity contribution in [2.45, 2.75) is 84.4 Å². The third-order valence-electron chi connectivity index (χ3n) is 3.89. The SMILES string of the molecule is CCCC(=NC(C)(C)C)C1=C(O)CC(CC(C)SCC)CC1=O. The van der Waals surface area contributed by atoms with Crippen molar-refractivity contribution in [2.75, 3.05) is 5.75 Å². The van der Waals surface area contributed by atoms with E-state index in [-0.39, 0.29) is 23.0 Å². The molecule has 0 fully saturated rings. The van der Waals surface area contributed by atoms with E-state index in [9.17, 15) is 9.90 Å². The van der Waals surface area contributed by atoms with E-state index in [4.69, 9.17) is 4.99 Å². The summed E-state index contributed by atoms with van der Waals surface area (Å²) in [6.07, 6.45) is 3.81. The van der Waals surface area contributed by atoms with Gasteiger partial charge in [0.05, 0.1) is 11.1 Å². The fourth-order valence-electron chi connectivity index (χ4n) is 3.17. The minimum Gasteiger partial charge on any atom is -0.511 e. The van der Waals surface area contributed by atoms with Crippen LogP contribution in [-0.4, -0.2) is 33.1 Å². The molecule has 4 heteroatoms. The molecule has 1 aliphatic rings. The number of hydrogen-bond donors (Lipinski definition) is 1. The average Bonchev–Trinajstić information content (AvgIpc) is 2.36. The van der Waals surface area contributed by atoms with Gasteiger partial charge in [0.1, 0.15) is 5.76 Å². The zero-order chi connectivity index (χ0) is 17.6. The predicted octanol–water partition coefficient (Wildman–Crippen LogP) is 5.35. The molecule has 0 amide bonds. The Morgan fingerprint density at radius 1 is 1.35 bits per heavy atom. The van der Waals surface area contributed by atoms with Crippen LogP contribution in [0.2, 0.25) is 0 Å². The first-order valence-corrected chi connectivity index (χ1v) is 9.88. The number of carbonyl (C=O) groups excluding carboxylic acids is 1. The number of ketones is 1. The van der Waals surface area contributed by atoms with Crippen LogP contribution in [0, 0.1) is 5.92 Å².